The van der Waals surface area contributed by atoms with Crippen molar-refractivity contribution in [1.82, 2.24) is 4.98 Å². The highest BCUT2D eigenvalue weighted by Gasteiger charge is 2.10. The van der Waals surface area contributed by atoms with E-state index in [1.807, 2.05) is 0 Å². The van der Waals surface area contributed by atoms with Crippen LogP contribution in [0.5, 0.6) is 5.75 Å². The van der Waals surface area contributed by atoms with Gasteiger partial charge in [0.25, 0.3) is 0 Å². The minimum Gasteiger partial charge on any atom is -0.424 e. The molecule has 0 amide bonds. The maximum atomic E-state index is 9.04. The van der Waals surface area contributed by atoms with E-state index in [0.717, 1.165) is 4.90 Å². The molecule has 2 aromatic rings. The smallest absolute Gasteiger partial charge is 0.375 e. The lowest BCUT2D eigenvalue weighted by Crippen LogP contribution is -1.89. The van der Waals surface area contributed by atoms with Gasteiger partial charge in [0, 0.05) is 22.9 Å². The Labute approximate surface area is 124 Å². The summed E-state index contributed by atoms with van der Waals surface area (Å²) < 4.78 is 4.82. The fraction of sp³-hybridized carbons (Fsp3) is 0. The number of pyridine rings is 1. The van der Waals surface area contributed by atoms with Gasteiger partial charge in [0.05, 0.1) is 5.02 Å². The summed E-state index contributed by atoms with van der Waals surface area (Å²) >= 11 is 11.8. The Bertz CT molecular complexity index is 618. The molecule has 0 aliphatic rings. The fourth-order valence-electron chi connectivity index (χ4n) is 1.26. The van der Waals surface area contributed by atoms with Crippen LogP contribution < -0.4 is 4.52 Å². The lowest BCUT2D eigenvalue weighted by atomic mass is 10.3. The molecule has 0 bridgehead atoms. The van der Waals surface area contributed by atoms with Gasteiger partial charge in [-0.05, 0) is 36.4 Å². The second-order valence-corrected chi connectivity index (χ2v) is 7.51. The largest absolute Gasteiger partial charge is 0.424 e. The monoisotopic (exact) mass is 333 g/mol. The Balaban J connectivity index is 2.11. The predicted octanol–water partition coefficient (Wildman–Crippen LogP) is 3.47. The first kappa shape index (κ1) is 14.8. The van der Waals surface area contributed by atoms with Crippen LogP contribution in [0.15, 0.2) is 52.5 Å². The van der Waals surface area contributed by atoms with Crippen molar-refractivity contribution in [3.63, 3.8) is 0 Å². The minimum atomic E-state index is -3.68. The average Bonchev–Trinajstić information content (AvgIpc) is 2.33. The Hall–Kier alpha value is -0.620. The average molecular weight is 334 g/mol. The van der Waals surface area contributed by atoms with E-state index in [0.29, 0.717) is 15.8 Å². The van der Waals surface area contributed by atoms with Gasteiger partial charge < -0.3 is 14.3 Å². The standard InChI is InChI=1S/C11H9ClNO3PS2/c12-10-2-1-7-13-11(10)19-9-5-3-8(4-6-9)16-17(14,15)18/h1-7H,(H2,14,15,18). The van der Waals surface area contributed by atoms with Gasteiger partial charge in [-0.15, -0.1) is 0 Å². The zero-order valence-electron chi connectivity index (χ0n) is 9.43. The molecule has 0 unspecified atom stereocenters. The fourth-order valence-corrected chi connectivity index (χ4v) is 2.93. The third kappa shape index (κ3) is 4.76. The van der Waals surface area contributed by atoms with Crippen LogP contribution in [0.3, 0.4) is 0 Å². The summed E-state index contributed by atoms with van der Waals surface area (Å²) in [7, 11) is 0. The van der Waals surface area contributed by atoms with Gasteiger partial charge in [0.15, 0.2) is 0 Å². The van der Waals surface area contributed by atoms with Crippen LogP contribution in [0.1, 0.15) is 0 Å². The van der Waals surface area contributed by atoms with E-state index in [1.165, 1.54) is 11.8 Å². The topological polar surface area (TPSA) is 62.6 Å². The zero-order chi connectivity index (χ0) is 13.9. The van der Waals surface area contributed by atoms with E-state index in [9.17, 15) is 0 Å². The number of rotatable bonds is 4. The maximum absolute atomic E-state index is 9.04. The molecule has 1 aromatic carbocycles. The third-order valence-corrected chi connectivity index (χ3v) is 4.10. The first-order chi connectivity index (χ1) is 8.94. The van der Waals surface area contributed by atoms with Crippen LogP contribution in [-0.4, -0.2) is 14.8 Å². The van der Waals surface area contributed by atoms with Crippen molar-refractivity contribution in [2.75, 3.05) is 0 Å². The SMILES string of the molecule is OP(O)(=S)Oc1ccc(Sc2ncccc2Cl)cc1. The van der Waals surface area contributed by atoms with Crippen molar-refractivity contribution in [2.24, 2.45) is 0 Å². The number of aromatic nitrogens is 1. The molecule has 1 aromatic heterocycles. The molecule has 1 heterocycles. The highest BCUT2D eigenvalue weighted by atomic mass is 35.5. The molecule has 0 saturated heterocycles. The number of benzene rings is 1. The molecule has 0 aliphatic carbocycles. The van der Waals surface area contributed by atoms with Crippen LogP contribution in [0.2, 0.25) is 5.02 Å². The highest BCUT2D eigenvalue weighted by Crippen LogP contribution is 2.39. The molecule has 0 radical (unpaired) electrons. The lowest BCUT2D eigenvalue weighted by Gasteiger charge is -2.10. The van der Waals surface area contributed by atoms with Gasteiger partial charge in [0.1, 0.15) is 10.8 Å². The molecule has 0 spiro atoms. The van der Waals surface area contributed by atoms with Gasteiger partial charge >= 0.3 is 6.72 Å². The molecule has 0 fully saturated rings. The summed E-state index contributed by atoms with van der Waals surface area (Å²) in [6, 6.07) is 10.3. The molecule has 2 rings (SSSR count). The summed E-state index contributed by atoms with van der Waals surface area (Å²) in [5, 5.41) is 1.28. The van der Waals surface area contributed by atoms with Crippen molar-refractivity contribution in [1.29, 1.82) is 0 Å². The molecule has 0 saturated carbocycles. The second kappa shape index (κ2) is 6.22. The van der Waals surface area contributed by atoms with Gasteiger partial charge in [-0.3, -0.25) is 0 Å². The van der Waals surface area contributed by atoms with Crippen molar-refractivity contribution in [2.45, 2.75) is 9.92 Å². The van der Waals surface area contributed by atoms with Gasteiger partial charge in [0.2, 0.25) is 0 Å². The van der Waals surface area contributed by atoms with E-state index >= 15 is 0 Å². The van der Waals surface area contributed by atoms with Gasteiger partial charge in [-0.25, -0.2) is 4.98 Å². The Kier molecular flexibility index (Phi) is 4.84. The molecular formula is C11H9ClNO3PS2. The summed E-state index contributed by atoms with van der Waals surface area (Å²) in [6.45, 7) is -3.68. The molecule has 4 nitrogen and oxygen atoms in total. The lowest BCUT2D eigenvalue weighted by molar-refractivity contribution is 0.370. The van der Waals surface area contributed by atoms with Crippen LogP contribution in [0.25, 0.3) is 0 Å². The number of hydrogen-bond acceptors (Lipinski definition) is 4. The molecule has 0 atom stereocenters. The van der Waals surface area contributed by atoms with E-state index in [1.54, 1.807) is 42.6 Å². The van der Waals surface area contributed by atoms with Crippen molar-refractivity contribution >= 4 is 41.9 Å². The van der Waals surface area contributed by atoms with Crippen molar-refractivity contribution in [3.05, 3.63) is 47.6 Å². The number of nitrogens with zero attached hydrogens (tertiary/aromatic N) is 1. The summed E-state index contributed by atoms with van der Waals surface area (Å²) in [6.07, 6.45) is 1.67. The van der Waals surface area contributed by atoms with Crippen LogP contribution >= 0.6 is 30.1 Å². The Morgan fingerprint density at radius 3 is 2.47 bits per heavy atom. The minimum absolute atomic E-state index is 0.310. The summed E-state index contributed by atoms with van der Waals surface area (Å²) in [5.41, 5.74) is 0. The third-order valence-electron chi connectivity index (χ3n) is 1.99. The van der Waals surface area contributed by atoms with Gasteiger partial charge in [-0.1, -0.05) is 23.4 Å². The summed E-state index contributed by atoms with van der Waals surface area (Å²) in [4.78, 5) is 23.1. The van der Waals surface area contributed by atoms with Crippen LogP contribution in [0.4, 0.5) is 0 Å². The predicted molar refractivity (Wildman–Crippen MR) is 79.2 cm³/mol. The zero-order valence-corrected chi connectivity index (χ0v) is 12.7. The molecule has 2 N–H and O–H groups in total. The first-order valence-electron chi connectivity index (χ1n) is 5.08. The molecular weight excluding hydrogens is 325 g/mol. The first-order valence-corrected chi connectivity index (χ1v) is 8.90. The van der Waals surface area contributed by atoms with E-state index in [4.69, 9.17) is 25.9 Å². The summed E-state index contributed by atoms with van der Waals surface area (Å²) in [5.74, 6) is 0.310. The van der Waals surface area contributed by atoms with Crippen LogP contribution in [0, 0.1) is 0 Å². The number of hydrogen-bond donors (Lipinski definition) is 2. The number of halogens is 1. The maximum Gasteiger partial charge on any atom is 0.375 e. The highest BCUT2D eigenvalue weighted by molar-refractivity contribution is 8.06. The normalized spacial score (nSPS) is 11.3. The molecule has 100 valence electrons. The molecule has 19 heavy (non-hydrogen) atoms. The molecule has 8 heteroatoms. The van der Waals surface area contributed by atoms with Gasteiger partial charge in [-0.2, -0.15) is 0 Å². The van der Waals surface area contributed by atoms with E-state index < -0.39 is 6.72 Å². The Morgan fingerprint density at radius 2 is 1.89 bits per heavy atom. The van der Waals surface area contributed by atoms with E-state index in [2.05, 4.69) is 16.8 Å². The van der Waals surface area contributed by atoms with Crippen molar-refractivity contribution in [3.8, 4) is 5.75 Å². The molecule has 0 aliphatic heterocycles. The van der Waals surface area contributed by atoms with E-state index in [-0.39, 0.29) is 0 Å². The second-order valence-electron chi connectivity index (χ2n) is 3.45. The van der Waals surface area contributed by atoms with Crippen LogP contribution in [-0.2, 0) is 11.8 Å². The van der Waals surface area contributed by atoms with Crippen molar-refractivity contribution < 1.29 is 14.3 Å². The quantitative estimate of drug-likeness (QED) is 0.835. The Morgan fingerprint density at radius 1 is 1.21 bits per heavy atom.